The average molecular weight is 432 g/mol. The first-order chi connectivity index (χ1) is 14.0. The van der Waals surface area contributed by atoms with Crippen molar-refractivity contribution in [2.45, 2.75) is 25.2 Å². The molecule has 1 fully saturated rings. The van der Waals surface area contributed by atoms with Gasteiger partial charge in [0.2, 0.25) is 5.13 Å². The minimum atomic E-state index is -0.376. The molecular formula is C19H18ClN5O3S. The monoisotopic (exact) mass is 431 g/mol. The summed E-state index contributed by atoms with van der Waals surface area (Å²) in [5, 5.41) is 21.9. The summed E-state index contributed by atoms with van der Waals surface area (Å²) in [6, 6.07) is 3.44. The molecule has 4 rings (SSSR count). The maximum absolute atomic E-state index is 13.0. The van der Waals surface area contributed by atoms with Gasteiger partial charge in [-0.2, -0.15) is 0 Å². The second kappa shape index (κ2) is 7.66. The van der Waals surface area contributed by atoms with Crippen molar-refractivity contribution < 1.29 is 14.6 Å². The van der Waals surface area contributed by atoms with E-state index in [2.05, 4.69) is 25.5 Å². The Balaban J connectivity index is 1.67. The Kier molecular flexibility index (Phi) is 5.20. The number of aromatic nitrogens is 4. The number of aliphatic hydroxyl groups excluding tert-OH is 1. The van der Waals surface area contributed by atoms with Gasteiger partial charge in [0.05, 0.1) is 25.5 Å². The van der Waals surface area contributed by atoms with Crippen LogP contribution >= 0.6 is 22.9 Å². The van der Waals surface area contributed by atoms with Gasteiger partial charge in [0, 0.05) is 28.4 Å². The SMILES string of the molecule is COc1cnc(Cl)cc1-c1cc(C)ncc1C(=O)Nc1nnc(C2(CO)CC2)s1. The first-order valence-corrected chi connectivity index (χ1v) is 10.1. The van der Waals surface area contributed by atoms with Gasteiger partial charge >= 0.3 is 0 Å². The highest BCUT2D eigenvalue weighted by Crippen LogP contribution is 2.49. The van der Waals surface area contributed by atoms with E-state index in [1.807, 2.05) is 6.92 Å². The molecule has 3 aromatic heterocycles. The van der Waals surface area contributed by atoms with Crippen LogP contribution in [0.5, 0.6) is 5.75 Å². The Morgan fingerprint density at radius 2 is 2.07 bits per heavy atom. The number of ether oxygens (including phenoxy) is 1. The number of amides is 1. The van der Waals surface area contributed by atoms with Crippen molar-refractivity contribution in [3.8, 4) is 16.9 Å². The van der Waals surface area contributed by atoms with Crippen molar-refractivity contribution in [1.29, 1.82) is 0 Å². The lowest BCUT2D eigenvalue weighted by atomic mass is 10.0. The number of aryl methyl sites for hydroxylation is 1. The van der Waals surface area contributed by atoms with Gasteiger partial charge in [-0.15, -0.1) is 10.2 Å². The summed E-state index contributed by atoms with van der Waals surface area (Å²) in [5.74, 6) is 0.116. The average Bonchev–Trinajstić information content (AvgIpc) is 3.39. The number of pyridine rings is 2. The molecule has 8 nitrogen and oxygen atoms in total. The van der Waals surface area contributed by atoms with Crippen LogP contribution in [0.2, 0.25) is 5.15 Å². The third kappa shape index (κ3) is 3.81. The molecule has 150 valence electrons. The third-order valence-electron chi connectivity index (χ3n) is 4.88. The lowest BCUT2D eigenvalue weighted by Gasteiger charge is -2.13. The largest absolute Gasteiger partial charge is 0.494 e. The van der Waals surface area contributed by atoms with Crippen LogP contribution in [0.3, 0.4) is 0 Å². The molecule has 10 heteroatoms. The van der Waals surface area contributed by atoms with Crippen LogP contribution < -0.4 is 10.1 Å². The van der Waals surface area contributed by atoms with Crippen LogP contribution in [0.15, 0.2) is 24.5 Å². The number of rotatable bonds is 6. The van der Waals surface area contributed by atoms with Crippen molar-refractivity contribution in [1.82, 2.24) is 20.2 Å². The first kappa shape index (κ1) is 19.7. The summed E-state index contributed by atoms with van der Waals surface area (Å²) < 4.78 is 5.39. The maximum Gasteiger partial charge on any atom is 0.259 e. The number of carbonyl (C=O) groups excluding carboxylic acids is 1. The molecular weight excluding hydrogens is 414 g/mol. The van der Waals surface area contributed by atoms with Gasteiger partial charge in [-0.3, -0.25) is 15.1 Å². The van der Waals surface area contributed by atoms with E-state index in [1.54, 1.807) is 12.1 Å². The van der Waals surface area contributed by atoms with Crippen LogP contribution in [0.25, 0.3) is 11.1 Å². The van der Waals surface area contributed by atoms with E-state index >= 15 is 0 Å². The number of aliphatic hydroxyl groups is 1. The second-order valence-corrected chi connectivity index (χ2v) is 8.25. The van der Waals surface area contributed by atoms with Gasteiger partial charge in [-0.25, -0.2) is 4.98 Å². The molecule has 3 aromatic rings. The van der Waals surface area contributed by atoms with E-state index < -0.39 is 0 Å². The fraction of sp³-hybridized carbons (Fsp3) is 0.316. The molecule has 29 heavy (non-hydrogen) atoms. The van der Waals surface area contributed by atoms with Gasteiger partial charge in [0.25, 0.3) is 5.91 Å². The summed E-state index contributed by atoms with van der Waals surface area (Å²) in [6.45, 7) is 1.87. The van der Waals surface area contributed by atoms with Crippen molar-refractivity contribution >= 4 is 34.0 Å². The number of methoxy groups -OCH3 is 1. The molecule has 0 aliphatic heterocycles. The maximum atomic E-state index is 13.0. The zero-order chi connectivity index (χ0) is 20.6. The molecule has 0 radical (unpaired) electrons. The van der Waals surface area contributed by atoms with E-state index in [0.717, 1.165) is 23.5 Å². The van der Waals surface area contributed by atoms with Crippen LogP contribution in [0.4, 0.5) is 5.13 Å². The highest BCUT2D eigenvalue weighted by Gasteiger charge is 2.47. The number of hydrogen-bond donors (Lipinski definition) is 2. The normalized spacial score (nSPS) is 14.5. The van der Waals surface area contributed by atoms with Crippen LogP contribution in [-0.4, -0.2) is 44.9 Å². The van der Waals surface area contributed by atoms with Gasteiger partial charge in [0.15, 0.2) is 0 Å². The molecule has 1 aliphatic carbocycles. The lowest BCUT2D eigenvalue weighted by molar-refractivity contribution is 0.102. The van der Waals surface area contributed by atoms with Crippen molar-refractivity contribution in [3.63, 3.8) is 0 Å². The molecule has 0 bridgehead atoms. The van der Waals surface area contributed by atoms with E-state index in [9.17, 15) is 9.90 Å². The molecule has 2 N–H and O–H groups in total. The number of nitrogens with one attached hydrogen (secondary N) is 1. The van der Waals surface area contributed by atoms with Crippen molar-refractivity contribution in [2.75, 3.05) is 19.0 Å². The van der Waals surface area contributed by atoms with Crippen molar-refractivity contribution in [2.24, 2.45) is 0 Å². The summed E-state index contributed by atoms with van der Waals surface area (Å²) >= 11 is 7.34. The number of nitrogens with zero attached hydrogens (tertiary/aromatic N) is 4. The van der Waals surface area contributed by atoms with Crippen LogP contribution in [0, 0.1) is 6.92 Å². The zero-order valence-electron chi connectivity index (χ0n) is 15.8. The van der Waals surface area contributed by atoms with E-state index in [-0.39, 0.29) is 23.1 Å². The predicted octanol–water partition coefficient (Wildman–Crippen LogP) is 3.24. The molecule has 0 unspecified atom stereocenters. The summed E-state index contributed by atoms with van der Waals surface area (Å²) in [5.41, 5.74) is 2.05. The fourth-order valence-electron chi connectivity index (χ4n) is 3.00. The Morgan fingerprint density at radius 3 is 2.76 bits per heavy atom. The molecule has 0 atom stereocenters. The van der Waals surface area contributed by atoms with Gasteiger partial charge in [-0.05, 0) is 31.9 Å². The number of hydrogen-bond acceptors (Lipinski definition) is 8. The highest BCUT2D eigenvalue weighted by molar-refractivity contribution is 7.15. The lowest BCUT2D eigenvalue weighted by Crippen LogP contribution is -2.14. The Bertz CT molecular complexity index is 1080. The first-order valence-electron chi connectivity index (χ1n) is 8.88. The second-order valence-electron chi connectivity index (χ2n) is 6.88. The smallest absolute Gasteiger partial charge is 0.259 e. The standard InChI is InChI=1S/C19H18ClN5O3S/c1-10-5-11(12-6-15(20)22-8-14(12)28-2)13(7-21-10)16(27)23-18-25-24-17(29-18)19(9-26)3-4-19/h5-8,26H,3-4,9H2,1-2H3,(H,23,25,27). The fourth-order valence-corrected chi connectivity index (χ4v) is 4.13. The minimum Gasteiger partial charge on any atom is -0.494 e. The Morgan fingerprint density at radius 1 is 1.28 bits per heavy atom. The molecule has 0 saturated heterocycles. The Labute approximate surface area is 176 Å². The van der Waals surface area contributed by atoms with E-state index in [0.29, 0.717) is 27.6 Å². The number of carbonyl (C=O) groups is 1. The predicted molar refractivity (Wildman–Crippen MR) is 110 cm³/mol. The molecule has 1 aliphatic rings. The molecule has 0 aromatic carbocycles. The summed E-state index contributed by atoms with van der Waals surface area (Å²) in [6.07, 6.45) is 4.77. The zero-order valence-corrected chi connectivity index (χ0v) is 17.3. The highest BCUT2D eigenvalue weighted by atomic mass is 35.5. The topological polar surface area (TPSA) is 110 Å². The summed E-state index contributed by atoms with van der Waals surface area (Å²) in [4.78, 5) is 21.3. The van der Waals surface area contributed by atoms with Gasteiger partial charge in [-0.1, -0.05) is 22.9 Å². The molecule has 0 spiro atoms. The molecule has 3 heterocycles. The van der Waals surface area contributed by atoms with Gasteiger partial charge < -0.3 is 9.84 Å². The number of halogens is 1. The van der Waals surface area contributed by atoms with Gasteiger partial charge in [0.1, 0.15) is 15.9 Å². The number of anilines is 1. The minimum absolute atomic E-state index is 0.0320. The summed E-state index contributed by atoms with van der Waals surface area (Å²) in [7, 11) is 1.53. The quantitative estimate of drug-likeness (QED) is 0.576. The van der Waals surface area contributed by atoms with Crippen molar-refractivity contribution in [3.05, 3.63) is 45.9 Å². The molecule has 1 saturated carbocycles. The van der Waals surface area contributed by atoms with E-state index in [1.165, 1.54) is 30.8 Å². The van der Waals surface area contributed by atoms with Crippen LogP contribution in [-0.2, 0) is 5.41 Å². The van der Waals surface area contributed by atoms with Crippen LogP contribution in [0.1, 0.15) is 33.9 Å². The Hall–Kier alpha value is -2.62. The van der Waals surface area contributed by atoms with E-state index in [4.69, 9.17) is 16.3 Å². The third-order valence-corrected chi connectivity index (χ3v) is 6.18. The molecule has 1 amide bonds.